The number of carbonyl (C=O) groups is 2. The molecule has 44 heavy (non-hydrogen) atoms. The van der Waals surface area contributed by atoms with Gasteiger partial charge in [0.05, 0.1) is 37.0 Å². The van der Waals surface area contributed by atoms with E-state index < -0.39 is 29.6 Å². The third-order valence-corrected chi connectivity index (χ3v) is 8.03. The van der Waals surface area contributed by atoms with Gasteiger partial charge in [-0.25, -0.2) is 4.79 Å². The lowest BCUT2D eigenvalue weighted by Gasteiger charge is -2.48. The SMILES string of the molecule is CCOC(=O)CC(C(=O)OCC)n1ccc(/C=C2/CN(C(c3ccccc3)(c3ccccc3)c3ccccc3)CCC2O)n1. The Morgan fingerprint density at radius 2 is 1.43 bits per heavy atom. The van der Waals surface area contributed by atoms with Gasteiger partial charge in [-0.2, -0.15) is 5.10 Å². The molecule has 1 aromatic heterocycles. The fraction of sp³-hybridized carbons (Fsp3) is 0.306. The first-order chi connectivity index (χ1) is 21.5. The lowest BCUT2D eigenvalue weighted by atomic mass is 9.74. The minimum Gasteiger partial charge on any atom is -0.466 e. The van der Waals surface area contributed by atoms with E-state index in [0.29, 0.717) is 25.2 Å². The molecule has 228 valence electrons. The number of aliphatic hydroxyl groups excluding tert-OH is 1. The minimum absolute atomic E-state index is 0.185. The van der Waals surface area contributed by atoms with E-state index >= 15 is 0 Å². The normalized spacial score (nSPS) is 17.2. The zero-order valence-corrected chi connectivity index (χ0v) is 25.2. The van der Waals surface area contributed by atoms with E-state index in [9.17, 15) is 14.7 Å². The first-order valence-corrected chi connectivity index (χ1v) is 15.1. The monoisotopic (exact) mass is 593 g/mol. The van der Waals surface area contributed by atoms with Gasteiger partial charge in [-0.3, -0.25) is 14.4 Å². The van der Waals surface area contributed by atoms with Gasteiger partial charge in [0.1, 0.15) is 0 Å². The van der Waals surface area contributed by atoms with Crippen LogP contribution in [0.1, 0.15) is 55.1 Å². The maximum absolute atomic E-state index is 12.7. The Bertz CT molecular complexity index is 1460. The molecule has 1 aliphatic heterocycles. The molecule has 2 heterocycles. The summed E-state index contributed by atoms with van der Waals surface area (Å²) in [5.41, 5.74) is 4.17. The number of aliphatic hydroxyl groups is 1. The number of ether oxygens (including phenoxy) is 2. The highest BCUT2D eigenvalue weighted by Gasteiger charge is 2.44. The molecule has 0 radical (unpaired) electrons. The zero-order chi connectivity index (χ0) is 30.9. The number of hydrogen-bond acceptors (Lipinski definition) is 7. The molecule has 4 aromatic rings. The van der Waals surface area contributed by atoms with Crippen LogP contribution in [0.5, 0.6) is 0 Å². The standard InChI is InChI=1S/C36H39N3O5/c1-3-43-34(41)25-32(35(42)44-4-2)39-23-20-31(37-39)24-27-26-38(22-21-33(27)40)36(28-14-8-5-9-15-28,29-16-10-6-11-17-29)30-18-12-7-13-19-30/h5-20,23-24,32-33,40H,3-4,21-22,25-26H2,1-2H3/b27-24-. The summed E-state index contributed by atoms with van der Waals surface area (Å²) in [6.07, 6.45) is 3.23. The summed E-state index contributed by atoms with van der Waals surface area (Å²) in [7, 11) is 0. The molecule has 0 spiro atoms. The van der Waals surface area contributed by atoms with Gasteiger partial charge in [-0.1, -0.05) is 91.0 Å². The molecule has 1 N–H and O–H groups in total. The van der Waals surface area contributed by atoms with Gasteiger partial charge in [0, 0.05) is 19.3 Å². The van der Waals surface area contributed by atoms with Crippen LogP contribution in [0.3, 0.4) is 0 Å². The van der Waals surface area contributed by atoms with Gasteiger partial charge in [-0.15, -0.1) is 0 Å². The van der Waals surface area contributed by atoms with Crippen LogP contribution in [0.15, 0.2) is 109 Å². The summed E-state index contributed by atoms with van der Waals surface area (Å²) < 4.78 is 11.7. The number of carbonyl (C=O) groups excluding carboxylic acids is 2. The van der Waals surface area contributed by atoms with Crippen LogP contribution < -0.4 is 0 Å². The molecule has 8 nitrogen and oxygen atoms in total. The average molecular weight is 594 g/mol. The number of rotatable bonds is 11. The largest absolute Gasteiger partial charge is 0.466 e. The number of hydrogen-bond donors (Lipinski definition) is 1. The Morgan fingerprint density at radius 3 is 1.95 bits per heavy atom. The van der Waals surface area contributed by atoms with E-state index in [4.69, 9.17) is 9.47 Å². The van der Waals surface area contributed by atoms with Crippen LogP contribution in [-0.2, 0) is 24.6 Å². The zero-order valence-electron chi connectivity index (χ0n) is 25.2. The number of esters is 2. The Hall–Kier alpha value is -4.53. The summed E-state index contributed by atoms with van der Waals surface area (Å²) in [6, 6.07) is 32.3. The molecule has 2 atom stereocenters. The van der Waals surface area contributed by atoms with Gasteiger partial charge in [-0.05, 0) is 54.7 Å². The van der Waals surface area contributed by atoms with Crippen molar-refractivity contribution >= 4 is 18.0 Å². The molecule has 0 aliphatic carbocycles. The first-order valence-electron chi connectivity index (χ1n) is 15.1. The minimum atomic E-state index is -0.948. The molecule has 0 bridgehead atoms. The fourth-order valence-corrected chi connectivity index (χ4v) is 6.08. The molecule has 0 amide bonds. The van der Waals surface area contributed by atoms with E-state index in [1.807, 2.05) is 24.3 Å². The van der Waals surface area contributed by atoms with E-state index in [0.717, 1.165) is 22.3 Å². The molecule has 2 unspecified atom stereocenters. The van der Waals surface area contributed by atoms with Crippen molar-refractivity contribution in [3.63, 3.8) is 0 Å². The van der Waals surface area contributed by atoms with Crippen LogP contribution in [0, 0.1) is 0 Å². The molecule has 8 heteroatoms. The molecule has 1 aliphatic rings. The number of piperidine rings is 1. The topological polar surface area (TPSA) is 93.9 Å². The Labute approximate surface area is 258 Å². The van der Waals surface area contributed by atoms with E-state index in [-0.39, 0.29) is 19.6 Å². The number of benzene rings is 3. The predicted octanol–water partition coefficient (Wildman–Crippen LogP) is 5.38. The maximum Gasteiger partial charge on any atom is 0.331 e. The Kier molecular flexibility index (Phi) is 10.0. The molecule has 1 fully saturated rings. The number of likely N-dealkylation sites (tertiary alicyclic amines) is 1. The van der Waals surface area contributed by atoms with Crippen molar-refractivity contribution in [1.82, 2.24) is 14.7 Å². The van der Waals surface area contributed by atoms with Crippen molar-refractivity contribution in [2.45, 2.75) is 44.4 Å². The lowest BCUT2D eigenvalue weighted by molar-refractivity contribution is -0.154. The molecular weight excluding hydrogens is 554 g/mol. The summed E-state index contributed by atoms with van der Waals surface area (Å²) in [6.45, 7) is 4.98. The van der Waals surface area contributed by atoms with Gasteiger partial charge < -0.3 is 14.6 Å². The molecule has 0 saturated carbocycles. The molecule has 1 saturated heterocycles. The second-order valence-electron chi connectivity index (χ2n) is 10.8. The van der Waals surface area contributed by atoms with Gasteiger partial charge in [0.25, 0.3) is 0 Å². The van der Waals surface area contributed by atoms with Crippen molar-refractivity contribution in [3.8, 4) is 0 Å². The van der Waals surface area contributed by atoms with E-state index in [1.165, 1.54) is 4.68 Å². The van der Waals surface area contributed by atoms with Gasteiger partial charge in [0.15, 0.2) is 6.04 Å². The van der Waals surface area contributed by atoms with Crippen molar-refractivity contribution in [2.75, 3.05) is 26.3 Å². The number of aromatic nitrogens is 2. The third-order valence-electron chi connectivity index (χ3n) is 8.03. The second-order valence-corrected chi connectivity index (χ2v) is 10.8. The Balaban J connectivity index is 1.54. The highest BCUT2D eigenvalue weighted by Crippen LogP contribution is 2.44. The second kappa shape index (κ2) is 14.3. The van der Waals surface area contributed by atoms with Crippen LogP contribution in [0.25, 0.3) is 6.08 Å². The van der Waals surface area contributed by atoms with Crippen molar-refractivity contribution in [3.05, 3.63) is 131 Å². The summed E-state index contributed by atoms with van der Waals surface area (Å²) in [5, 5.41) is 15.8. The molecule has 5 rings (SSSR count). The van der Waals surface area contributed by atoms with Crippen LogP contribution in [0.2, 0.25) is 0 Å². The van der Waals surface area contributed by atoms with E-state index in [1.54, 1.807) is 26.1 Å². The number of nitrogens with zero attached hydrogens (tertiary/aromatic N) is 3. The summed E-state index contributed by atoms with van der Waals surface area (Å²) in [4.78, 5) is 27.4. The molecule has 3 aromatic carbocycles. The van der Waals surface area contributed by atoms with Crippen LogP contribution >= 0.6 is 0 Å². The first kappa shape index (κ1) is 30.9. The summed E-state index contributed by atoms with van der Waals surface area (Å²) >= 11 is 0. The van der Waals surface area contributed by atoms with E-state index in [2.05, 4.69) is 82.8 Å². The average Bonchev–Trinajstić information content (AvgIpc) is 3.51. The lowest BCUT2D eigenvalue weighted by Crippen LogP contribution is -2.52. The highest BCUT2D eigenvalue weighted by molar-refractivity contribution is 5.81. The van der Waals surface area contributed by atoms with Gasteiger partial charge in [0.2, 0.25) is 0 Å². The van der Waals surface area contributed by atoms with Crippen molar-refractivity contribution in [2.24, 2.45) is 0 Å². The summed E-state index contributed by atoms with van der Waals surface area (Å²) in [5.74, 6) is -1.05. The highest BCUT2D eigenvalue weighted by atomic mass is 16.5. The third kappa shape index (κ3) is 6.51. The fourth-order valence-electron chi connectivity index (χ4n) is 6.08. The quantitative estimate of drug-likeness (QED) is 0.184. The smallest absolute Gasteiger partial charge is 0.331 e. The van der Waals surface area contributed by atoms with Crippen LogP contribution in [-0.4, -0.2) is 64.1 Å². The van der Waals surface area contributed by atoms with Crippen molar-refractivity contribution in [1.29, 1.82) is 0 Å². The predicted molar refractivity (Wildman–Crippen MR) is 169 cm³/mol. The molecular formula is C36H39N3O5. The van der Waals surface area contributed by atoms with Crippen molar-refractivity contribution < 1.29 is 24.2 Å². The maximum atomic E-state index is 12.7. The van der Waals surface area contributed by atoms with Gasteiger partial charge >= 0.3 is 11.9 Å². The van der Waals surface area contributed by atoms with Crippen LogP contribution in [0.4, 0.5) is 0 Å². The Morgan fingerprint density at radius 1 is 0.886 bits per heavy atom.